The Labute approximate surface area is 175 Å². The van der Waals surface area contributed by atoms with Gasteiger partial charge in [-0.1, -0.05) is 11.6 Å². The Balaban J connectivity index is 1.71. The third kappa shape index (κ3) is 6.17. The lowest BCUT2D eigenvalue weighted by molar-refractivity contribution is -0.114. The minimum absolute atomic E-state index is 0.0141. The number of hydrogen-bond acceptors (Lipinski definition) is 6. The van der Waals surface area contributed by atoms with Gasteiger partial charge in [0.05, 0.1) is 6.10 Å². The van der Waals surface area contributed by atoms with Crippen molar-refractivity contribution in [3.8, 4) is 5.75 Å². The summed E-state index contributed by atoms with van der Waals surface area (Å²) in [5.74, 6) is -0.0293. The van der Waals surface area contributed by atoms with Gasteiger partial charge in [0.15, 0.2) is 0 Å². The van der Waals surface area contributed by atoms with Crippen LogP contribution in [0.4, 0.5) is 5.69 Å². The van der Waals surface area contributed by atoms with Gasteiger partial charge in [0.1, 0.15) is 10.6 Å². The van der Waals surface area contributed by atoms with E-state index in [0.717, 1.165) is 19.4 Å². The third-order valence-corrected chi connectivity index (χ3v) is 5.88. The maximum atomic E-state index is 12.7. The molecule has 0 bridgehead atoms. The van der Waals surface area contributed by atoms with Gasteiger partial charge in [-0.05, 0) is 55.3 Å². The first-order valence-corrected chi connectivity index (χ1v) is 11.0. The van der Waals surface area contributed by atoms with Crippen LogP contribution < -0.4 is 14.8 Å². The maximum absolute atomic E-state index is 12.7. The van der Waals surface area contributed by atoms with Crippen molar-refractivity contribution in [1.82, 2.24) is 5.32 Å². The van der Waals surface area contributed by atoms with E-state index in [1.807, 2.05) is 0 Å². The number of nitrogens with one attached hydrogen (secondary N) is 2. The van der Waals surface area contributed by atoms with E-state index in [9.17, 15) is 13.2 Å². The molecule has 0 spiro atoms. The Morgan fingerprint density at radius 2 is 2.00 bits per heavy atom. The lowest BCUT2D eigenvalue weighted by atomic mass is 10.2. The van der Waals surface area contributed by atoms with E-state index in [0.29, 0.717) is 29.4 Å². The molecule has 2 N–H and O–H groups in total. The summed E-state index contributed by atoms with van der Waals surface area (Å²) in [6.45, 7) is 3.22. The highest BCUT2D eigenvalue weighted by Gasteiger charge is 2.20. The van der Waals surface area contributed by atoms with Gasteiger partial charge in [0, 0.05) is 42.9 Å². The Hall–Kier alpha value is -2.13. The molecule has 29 heavy (non-hydrogen) atoms. The summed E-state index contributed by atoms with van der Waals surface area (Å²) in [6, 6.07) is 10.6. The fraction of sp³-hybridized carbons (Fsp3) is 0.350. The zero-order chi connectivity index (χ0) is 20.9. The molecule has 7 nitrogen and oxygen atoms in total. The van der Waals surface area contributed by atoms with E-state index in [1.165, 1.54) is 37.3 Å². The molecular weight excluding hydrogens is 416 g/mol. The average Bonchev–Trinajstić information content (AvgIpc) is 3.17. The predicted molar refractivity (Wildman–Crippen MR) is 111 cm³/mol. The summed E-state index contributed by atoms with van der Waals surface area (Å²) in [6.07, 6.45) is 2.23. The van der Waals surface area contributed by atoms with Crippen molar-refractivity contribution < 1.29 is 22.1 Å². The quantitative estimate of drug-likeness (QED) is 0.614. The van der Waals surface area contributed by atoms with Crippen LogP contribution in [-0.2, 0) is 26.2 Å². The van der Waals surface area contributed by atoms with Gasteiger partial charge < -0.3 is 19.6 Å². The number of halogens is 1. The number of amides is 1. The van der Waals surface area contributed by atoms with Gasteiger partial charge in [-0.2, -0.15) is 8.42 Å². The zero-order valence-electron chi connectivity index (χ0n) is 16.0. The van der Waals surface area contributed by atoms with Crippen molar-refractivity contribution in [3.05, 3.63) is 53.1 Å². The van der Waals surface area contributed by atoms with Crippen molar-refractivity contribution in [3.63, 3.8) is 0 Å². The van der Waals surface area contributed by atoms with Crippen LogP contribution >= 0.6 is 11.6 Å². The van der Waals surface area contributed by atoms with Crippen molar-refractivity contribution in [2.75, 3.05) is 18.5 Å². The fourth-order valence-electron chi connectivity index (χ4n) is 3.02. The molecule has 0 aliphatic carbocycles. The normalized spacial score (nSPS) is 16.6. The molecule has 1 amide bonds. The highest BCUT2D eigenvalue weighted by Crippen LogP contribution is 2.27. The maximum Gasteiger partial charge on any atom is 0.339 e. The standard InChI is InChI=1S/C20H23ClN2O5S/c1-14(24)23-17-5-7-19(8-6-17)29(25,26)28-20-9-4-16(21)11-15(20)12-22-13-18-3-2-10-27-18/h4-9,11,18,22H,2-3,10,12-13H2,1H3,(H,23,24). The second-order valence-electron chi connectivity index (χ2n) is 6.76. The molecule has 2 aromatic rings. The molecule has 0 saturated carbocycles. The number of ether oxygens (including phenoxy) is 1. The summed E-state index contributed by atoms with van der Waals surface area (Å²) in [7, 11) is -4.04. The van der Waals surface area contributed by atoms with Gasteiger partial charge in [0.2, 0.25) is 5.91 Å². The Kier molecular flexibility index (Phi) is 7.13. The van der Waals surface area contributed by atoms with Crippen LogP contribution in [0.1, 0.15) is 25.3 Å². The van der Waals surface area contributed by atoms with Crippen LogP contribution in [0.5, 0.6) is 5.75 Å². The van der Waals surface area contributed by atoms with Crippen LogP contribution in [0.3, 0.4) is 0 Å². The molecule has 0 radical (unpaired) electrons. The first kappa shape index (κ1) is 21.6. The number of carbonyl (C=O) groups excluding carboxylic acids is 1. The average molecular weight is 439 g/mol. The van der Waals surface area contributed by atoms with E-state index in [1.54, 1.807) is 12.1 Å². The lowest BCUT2D eigenvalue weighted by Gasteiger charge is -2.14. The number of hydrogen-bond donors (Lipinski definition) is 2. The van der Waals surface area contributed by atoms with Crippen molar-refractivity contribution in [2.45, 2.75) is 37.3 Å². The Morgan fingerprint density at radius 3 is 2.66 bits per heavy atom. The van der Waals surface area contributed by atoms with Crippen LogP contribution in [0.2, 0.25) is 5.02 Å². The van der Waals surface area contributed by atoms with Crippen LogP contribution in [0.15, 0.2) is 47.4 Å². The number of rotatable bonds is 8. The molecule has 1 aliphatic rings. The zero-order valence-corrected chi connectivity index (χ0v) is 17.6. The summed E-state index contributed by atoms with van der Waals surface area (Å²) >= 11 is 6.08. The second kappa shape index (κ2) is 9.58. The molecule has 156 valence electrons. The molecule has 1 atom stereocenters. The Bertz CT molecular complexity index is 957. The van der Waals surface area contributed by atoms with E-state index < -0.39 is 10.1 Å². The van der Waals surface area contributed by atoms with Gasteiger partial charge >= 0.3 is 10.1 Å². The monoisotopic (exact) mass is 438 g/mol. The molecule has 1 aliphatic heterocycles. The molecule has 1 unspecified atom stereocenters. The minimum atomic E-state index is -4.04. The van der Waals surface area contributed by atoms with Crippen molar-refractivity contribution in [1.29, 1.82) is 0 Å². The lowest BCUT2D eigenvalue weighted by Crippen LogP contribution is -2.26. The second-order valence-corrected chi connectivity index (χ2v) is 8.74. The molecule has 3 rings (SSSR count). The van der Waals surface area contributed by atoms with E-state index in [-0.39, 0.29) is 22.7 Å². The van der Waals surface area contributed by atoms with Crippen molar-refractivity contribution >= 4 is 33.3 Å². The van der Waals surface area contributed by atoms with E-state index in [2.05, 4.69) is 10.6 Å². The number of benzene rings is 2. The molecular formula is C20H23ClN2O5S. The molecule has 1 saturated heterocycles. The molecule has 1 fully saturated rings. The predicted octanol–water partition coefficient (Wildman–Crippen LogP) is 3.33. The number of anilines is 1. The summed E-state index contributed by atoms with van der Waals surface area (Å²) in [5, 5.41) is 6.34. The third-order valence-electron chi connectivity index (χ3n) is 4.40. The minimum Gasteiger partial charge on any atom is -0.379 e. The first-order valence-electron chi connectivity index (χ1n) is 9.26. The first-order chi connectivity index (χ1) is 13.8. The molecule has 0 aromatic heterocycles. The van der Waals surface area contributed by atoms with Gasteiger partial charge in [0.25, 0.3) is 0 Å². The van der Waals surface area contributed by atoms with Gasteiger partial charge in [-0.3, -0.25) is 4.79 Å². The summed E-state index contributed by atoms with van der Waals surface area (Å²) < 4.78 is 36.3. The molecule has 9 heteroatoms. The highest BCUT2D eigenvalue weighted by molar-refractivity contribution is 7.87. The highest BCUT2D eigenvalue weighted by atomic mass is 35.5. The smallest absolute Gasteiger partial charge is 0.339 e. The van der Waals surface area contributed by atoms with Crippen molar-refractivity contribution in [2.24, 2.45) is 0 Å². The largest absolute Gasteiger partial charge is 0.379 e. The summed E-state index contributed by atoms with van der Waals surface area (Å²) in [5.41, 5.74) is 1.14. The summed E-state index contributed by atoms with van der Waals surface area (Å²) in [4.78, 5) is 11.1. The molecule has 1 heterocycles. The SMILES string of the molecule is CC(=O)Nc1ccc(S(=O)(=O)Oc2ccc(Cl)cc2CNCC2CCCO2)cc1. The van der Waals surface area contributed by atoms with Gasteiger partial charge in [-0.15, -0.1) is 0 Å². The van der Waals surface area contributed by atoms with E-state index in [4.69, 9.17) is 20.5 Å². The fourth-order valence-corrected chi connectivity index (χ4v) is 4.17. The van der Waals surface area contributed by atoms with Gasteiger partial charge in [-0.25, -0.2) is 0 Å². The van der Waals surface area contributed by atoms with E-state index >= 15 is 0 Å². The molecule has 2 aromatic carbocycles. The van der Waals surface area contributed by atoms with Crippen LogP contribution in [-0.4, -0.2) is 33.6 Å². The number of carbonyl (C=O) groups is 1. The topological polar surface area (TPSA) is 93.7 Å². The van der Waals surface area contributed by atoms with Crippen LogP contribution in [0.25, 0.3) is 0 Å². The van der Waals surface area contributed by atoms with Crippen LogP contribution in [0, 0.1) is 0 Å². The Morgan fingerprint density at radius 1 is 1.24 bits per heavy atom.